The van der Waals surface area contributed by atoms with Gasteiger partial charge in [-0.1, -0.05) is 18.6 Å². The zero-order chi connectivity index (χ0) is 20.7. The van der Waals surface area contributed by atoms with Gasteiger partial charge in [0.1, 0.15) is 11.4 Å². The lowest BCUT2D eigenvalue weighted by molar-refractivity contribution is -0.151. The van der Waals surface area contributed by atoms with Crippen LogP contribution in [0.15, 0.2) is 30.5 Å². The van der Waals surface area contributed by atoms with E-state index in [1.54, 1.807) is 0 Å². The molecular formula is C26H34N2O2. The first-order valence-electron chi connectivity index (χ1n) is 11.7. The van der Waals surface area contributed by atoms with Gasteiger partial charge in [0.05, 0.1) is 12.3 Å². The summed E-state index contributed by atoms with van der Waals surface area (Å²) in [6.45, 7) is 7.58. The van der Waals surface area contributed by atoms with Gasteiger partial charge < -0.3 is 9.84 Å². The van der Waals surface area contributed by atoms with Crippen LogP contribution in [-0.2, 0) is 25.0 Å². The molecule has 30 heavy (non-hydrogen) atoms. The van der Waals surface area contributed by atoms with E-state index in [2.05, 4.69) is 41.9 Å². The molecule has 1 aliphatic heterocycles. The van der Waals surface area contributed by atoms with Crippen molar-refractivity contribution in [2.45, 2.75) is 64.5 Å². The minimum atomic E-state index is -0.789. The van der Waals surface area contributed by atoms with E-state index in [0.717, 1.165) is 49.5 Å². The highest BCUT2D eigenvalue weighted by Gasteiger charge is 2.52. The van der Waals surface area contributed by atoms with Crippen LogP contribution in [0, 0.1) is 18.8 Å². The Morgan fingerprint density at radius 2 is 1.83 bits per heavy atom. The van der Waals surface area contributed by atoms with Crippen LogP contribution in [0.4, 0.5) is 0 Å². The van der Waals surface area contributed by atoms with Crippen LogP contribution < -0.4 is 4.74 Å². The van der Waals surface area contributed by atoms with Crippen LogP contribution in [0.1, 0.15) is 60.6 Å². The van der Waals surface area contributed by atoms with Crippen LogP contribution in [-0.4, -0.2) is 34.7 Å². The Balaban J connectivity index is 1.40. The molecule has 0 amide bonds. The number of aryl methyl sites for hydroxylation is 3. The number of hydrogen-bond donors (Lipinski definition) is 1. The molecule has 0 radical (unpaired) electrons. The van der Waals surface area contributed by atoms with Gasteiger partial charge in [0, 0.05) is 43.2 Å². The average molecular weight is 407 g/mol. The molecule has 5 rings (SSSR count). The molecule has 1 aromatic heterocycles. The summed E-state index contributed by atoms with van der Waals surface area (Å²) >= 11 is 0. The summed E-state index contributed by atoms with van der Waals surface area (Å²) in [7, 11) is 0. The largest absolute Gasteiger partial charge is 0.494 e. The fraction of sp³-hybridized carbons (Fsp3) is 0.577. The maximum atomic E-state index is 11.8. The third-order valence-corrected chi connectivity index (χ3v) is 7.60. The third kappa shape index (κ3) is 3.44. The van der Waals surface area contributed by atoms with E-state index in [0.29, 0.717) is 6.61 Å². The quantitative estimate of drug-likeness (QED) is 0.800. The molecule has 0 spiro atoms. The standard InChI is InChI=1S/C26H34N2O2/c1-3-30-24-13-20-7-4-6-19(20)12-21(24)15-28-16-22-8-5-9-23(17-28)26(22,29)25-11-10-18(2)14-27-25/h10-14,22-23,29H,3-9,15-17H2,1-2H3/t22-,23+,26?. The highest BCUT2D eigenvalue weighted by atomic mass is 16.5. The number of fused-ring (bicyclic) bond motifs is 3. The maximum absolute atomic E-state index is 11.8. The summed E-state index contributed by atoms with van der Waals surface area (Å²) in [5, 5.41) is 11.8. The molecule has 2 fully saturated rings. The summed E-state index contributed by atoms with van der Waals surface area (Å²) in [5.41, 5.74) is 5.52. The highest BCUT2D eigenvalue weighted by molar-refractivity contribution is 5.45. The van der Waals surface area contributed by atoms with E-state index in [1.165, 1.54) is 42.4 Å². The molecule has 4 heteroatoms. The van der Waals surface area contributed by atoms with Crippen molar-refractivity contribution in [1.29, 1.82) is 0 Å². The predicted molar refractivity (Wildman–Crippen MR) is 119 cm³/mol. The Hall–Kier alpha value is -1.91. The van der Waals surface area contributed by atoms with Gasteiger partial charge in [-0.05, 0) is 74.8 Å². The summed E-state index contributed by atoms with van der Waals surface area (Å²) < 4.78 is 6.03. The maximum Gasteiger partial charge on any atom is 0.124 e. The fourth-order valence-corrected chi connectivity index (χ4v) is 6.10. The van der Waals surface area contributed by atoms with Gasteiger partial charge in [0.25, 0.3) is 0 Å². The minimum absolute atomic E-state index is 0.241. The molecule has 2 aliphatic carbocycles. The van der Waals surface area contributed by atoms with Crippen LogP contribution in [0.25, 0.3) is 0 Å². The smallest absolute Gasteiger partial charge is 0.124 e. The lowest BCUT2D eigenvalue weighted by Gasteiger charge is -2.52. The van der Waals surface area contributed by atoms with Crippen molar-refractivity contribution in [3.05, 3.63) is 58.4 Å². The lowest BCUT2D eigenvalue weighted by Crippen LogP contribution is -2.58. The summed E-state index contributed by atoms with van der Waals surface area (Å²) in [4.78, 5) is 7.21. The van der Waals surface area contributed by atoms with Crippen LogP contribution in [0.3, 0.4) is 0 Å². The first kappa shape index (κ1) is 20.0. The van der Waals surface area contributed by atoms with E-state index < -0.39 is 5.60 Å². The minimum Gasteiger partial charge on any atom is -0.494 e. The molecule has 4 nitrogen and oxygen atoms in total. The second-order valence-electron chi connectivity index (χ2n) is 9.58. The molecule has 160 valence electrons. The summed E-state index contributed by atoms with van der Waals surface area (Å²) in [5.74, 6) is 1.54. The number of ether oxygens (including phenoxy) is 1. The van der Waals surface area contributed by atoms with Gasteiger partial charge in [0.2, 0.25) is 0 Å². The Morgan fingerprint density at radius 3 is 2.50 bits per heavy atom. The summed E-state index contributed by atoms with van der Waals surface area (Å²) in [6, 6.07) is 8.81. The third-order valence-electron chi connectivity index (χ3n) is 7.60. The topological polar surface area (TPSA) is 45.6 Å². The predicted octanol–water partition coefficient (Wildman–Crippen LogP) is 4.40. The molecule has 1 N–H and O–H groups in total. The molecule has 3 aliphatic rings. The van der Waals surface area contributed by atoms with E-state index >= 15 is 0 Å². The lowest BCUT2D eigenvalue weighted by atomic mass is 9.64. The van der Waals surface area contributed by atoms with Crippen molar-refractivity contribution in [1.82, 2.24) is 9.88 Å². The highest BCUT2D eigenvalue weighted by Crippen LogP contribution is 2.49. The Kier molecular flexibility index (Phi) is 5.32. The molecule has 2 aromatic rings. The molecule has 2 heterocycles. The Bertz CT molecular complexity index is 894. The van der Waals surface area contributed by atoms with Gasteiger partial charge in [-0.3, -0.25) is 9.88 Å². The van der Waals surface area contributed by atoms with E-state index in [-0.39, 0.29) is 11.8 Å². The van der Waals surface area contributed by atoms with Crippen LogP contribution in [0.5, 0.6) is 5.75 Å². The first-order chi connectivity index (χ1) is 14.6. The van der Waals surface area contributed by atoms with Gasteiger partial charge in [0.15, 0.2) is 0 Å². The van der Waals surface area contributed by atoms with Gasteiger partial charge >= 0.3 is 0 Å². The molecule has 3 atom stereocenters. The van der Waals surface area contributed by atoms with E-state index in [4.69, 9.17) is 4.74 Å². The second kappa shape index (κ2) is 7.97. The van der Waals surface area contributed by atoms with Gasteiger partial charge in [-0.15, -0.1) is 0 Å². The molecule has 2 bridgehead atoms. The normalized spacial score (nSPS) is 28.4. The van der Waals surface area contributed by atoms with Crippen molar-refractivity contribution in [3.63, 3.8) is 0 Å². The molecule has 1 aromatic carbocycles. The van der Waals surface area contributed by atoms with Gasteiger partial charge in [-0.2, -0.15) is 0 Å². The Morgan fingerprint density at radius 1 is 1.10 bits per heavy atom. The number of likely N-dealkylation sites (tertiary alicyclic amines) is 1. The van der Waals surface area contributed by atoms with Crippen LogP contribution >= 0.6 is 0 Å². The number of piperidine rings is 1. The number of hydrogen-bond acceptors (Lipinski definition) is 4. The van der Waals surface area contributed by atoms with Crippen molar-refractivity contribution in [2.24, 2.45) is 11.8 Å². The van der Waals surface area contributed by atoms with Crippen molar-refractivity contribution >= 4 is 0 Å². The van der Waals surface area contributed by atoms with Crippen molar-refractivity contribution in [2.75, 3.05) is 19.7 Å². The Labute approximate surface area is 180 Å². The second-order valence-corrected chi connectivity index (χ2v) is 9.58. The number of benzene rings is 1. The van der Waals surface area contributed by atoms with Crippen molar-refractivity contribution < 1.29 is 9.84 Å². The first-order valence-corrected chi connectivity index (χ1v) is 11.7. The zero-order valence-corrected chi connectivity index (χ0v) is 18.4. The molecular weight excluding hydrogens is 372 g/mol. The average Bonchev–Trinajstić information content (AvgIpc) is 3.17. The monoisotopic (exact) mass is 406 g/mol. The fourth-order valence-electron chi connectivity index (χ4n) is 6.10. The number of nitrogens with zero attached hydrogens (tertiary/aromatic N) is 2. The number of pyridine rings is 1. The number of aromatic nitrogens is 1. The van der Waals surface area contributed by atoms with Crippen molar-refractivity contribution in [3.8, 4) is 5.75 Å². The number of aliphatic hydroxyl groups is 1. The molecule has 1 saturated heterocycles. The van der Waals surface area contributed by atoms with E-state index in [9.17, 15) is 5.11 Å². The summed E-state index contributed by atoms with van der Waals surface area (Å²) in [6.07, 6.45) is 8.88. The van der Waals surface area contributed by atoms with Crippen LogP contribution in [0.2, 0.25) is 0 Å². The van der Waals surface area contributed by atoms with Gasteiger partial charge in [-0.25, -0.2) is 0 Å². The molecule has 1 saturated carbocycles. The molecule has 1 unspecified atom stereocenters. The van der Waals surface area contributed by atoms with E-state index in [1.807, 2.05) is 12.3 Å². The zero-order valence-electron chi connectivity index (χ0n) is 18.4. The SMILES string of the molecule is CCOc1cc2c(cc1CN1C[C@H]3CCC[C@@H](C1)C3(O)c1ccc(C)cn1)CCC2. The number of rotatable bonds is 5.